The number of ketones is 1. The standard InChI is InChI=1S/C18H30N2O3/c1-14-10-16(15(2)20(14)8-9-23-4)17(22)11-19-7-5-6-18(3,12-19)13-21/h10,21H,5-9,11-13H2,1-4H3. The first-order valence-corrected chi connectivity index (χ1v) is 8.42. The molecule has 0 saturated carbocycles. The number of methoxy groups -OCH3 is 1. The molecule has 1 aromatic heterocycles. The predicted molar refractivity (Wildman–Crippen MR) is 91.0 cm³/mol. The molecule has 23 heavy (non-hydrogen) atoms. The van der Waals surface area contributed by atoms with Crippen LogP contribution in [0.25, 0.3) is 0 Å². The van der Waals surface area contributed by atoms with Crippen LogP contribution in [0.4, 0.5) is 0 Å². The van der Waals surface area contributed by atoms with Crippen molar-refractivity contribution in [2.24, 2.45) is 5.41 Å². The number of ether oxygens (including phenoxy) is 1. The number of carbonyl (C=O) groups excluding carboxylic acids is 1. The van der Waals surface area contributed by atoms with Crippen LogP contribution in [0, 0.1) is 19.3 Å². The van der Waals surface area contributed by atoms with Crippen LogP contribution < -0.4 is 0 Å². The molecule has 2 heterocycles. The molecule has 1 unspecified atom stereocenters. The van der Waals surface area contributed by atoms with Crippen LogP contribution >= 0.6 is 0 Å². The number of carbonyl (C=O) groups is 1. The molecule has 0 aromatic carbocycles. The van der Waals surface area contributed by atoms with Gasteiger partial charge in [0.05, 0.1) is 13.2 Å². The zero-order chi connectivity index (χ0) is 17.0. The molecule has 1 saturated heterocycles. The van der Waals surface area contributed by atoms with Crippen molar-refractivity contribution < 1.29 is 14.6 Å². The molecule has 5 nitrogen and oxygen atoms in total. The van der Waals surface area contributed by atoms with Crippen molar-refractivity contribution >= 4 is 5.78 Å². The number of nitrogens with zero attached hydrogens (tertiary/aromatic N) is 2. The monoisotopic (exact) mass is 322 g/mol. The van der Waals surface area contributed by atoms with Gasteiger partial charge in [-0.2, -0.15) is 0 Å². The maximum absolute atomic E-state index is 12.7. The quantitative estimate of drug-likeness (QED) is 0.781. The summed E-state index contributed by atoms with van der Waals surface area (Å²) >= 11 is 0. The third-order valence-corrected chi connectivity index (χ3v) is 5.00. The molecule has 1 atom stereocenters. The lowest BCUT2D eigenvalue weighted by molar-refractivity contribution is 0.0445. The third kappa shape index (κ3) is 4.22. The Morgan fingerprint density at radius 3 is 2.83 bits per heavy atom. The van der Waals surface area contributed by atoms with Crippen molar-refractivity contribution in [3.05, 3.63) is 23.0 Å². The average molecular weight is 322 g/mol. The van der Waals surface area contributed by atoms with Crippen LogP contribution in [-0.4, -0.2) is 60.3 Å². The van der Waals surface area contributed by atoms with Gasteiger partial charge < -0.3 is 14.4 Å². The van der Waals surface area contributed by atoms with E-state index in [2.05, 4.69) is 16.4 Å². The fraction of sp³-hybridized carbons (Fsp3) is 0.722. The molecule has 0 amide bonds. The molecular formula is C18H30N2O3. The van der Waals surface area contributed by atoms with E-state index in [1.807, 2.05) is 19.9 Å². The second kappa shape index (κ2) is 7.60. The molecule has 1 aliphatic heterocycles. The van der Waals surface area contributed by atoms with Crippen molar-refractivity contribution in [2.75, 3.05) is 40.0 Å². The third-order valence-electron chi connectivity index (χ3n) is 5.00. The number of Topliss-reactive ketones (excluding diaryl/α,β-unsaturated/α-hetero) is 1. The summed E-state index contributed by atoms with van der Waals surface area (Å²) in [4.78, 5) is 14.9. The van der Waals surface area contributed by atoms with Crippen molar-refractivity contribution in [3.8, 4) is 0 Å². The van der Waals surface area contributed by atoms with Gasteiger partial charge in [-0.1, -0.05) is 6.92 Å². The van der Waals surface area contributed by atoms with Gasteiger partial charge in [0.1, 0.15) is 0 Å². The van der Waals surface area contributed by atoms with Gasteiger partial charge in [-0.25, -0.2) is 0 Å². The van der Waals surface area contributed by atoms with Gasteiger partial charge in [0.2, 0.25) is 0 Å². The van der Waals surface area contributed by atoms with Crippen LogP contribution in [0.2, 0.25) is 0 Å². The fourth-order valence-corrected chi connectivity index (χ4v) is 3.59. The summed E-state index contributed by atoms with van der Waals surface area (Å²) in [5.74, 6) is 0.170. The van der Waals surface area contributed by atoms with Crippen molar-refractivity contribution in [3.63, 3.8) is 0 Å². The highest BCUT2D eigenvalue weighted by atomic mass is 16.5. The number of piperidine rings is 1. The maximum Gasteiger partial charge on any atom is 0.178 e. The highest BCUT2D eigenvalue weighted by Gasteiger charge is 2.31. The zero-order valence-corrected chi connectivity index (χ0v) is 14.9. The molecule has 1 N–H and O–H groups in total. The van der Waals surface area contributed by atoms with E-state index in [1.54, 1.807) is 7.11 Å². The van der Waals surface area contributed by atoms with Crippen LogP contribution in [0.3, 0.4) is 0 Å². The first-order chi connectivity index (χ1) is 10.9. The Bertz CT molecular complexity index is 553. The lowest BCUT2D eigenvalue weighted by Crippen LogP contribution is -2.45. The first-order valence-electron chi connectivity index (χ1n) is 8.42. The maximum atomic E-state index is 12.7. The topological polar surface area (TPSA) is 54.7 Å². The van der Waals surface area contributed by atoms with Crippen LogP contribution in [0.1, 0.15) is 41.5 Å². The van der Waals surface area contributed by atoms with E-state index in [-0.39, 0.29) is 17.8 Å². The summed E-state index contributed by atoms with van der Waals surface area (Å²) in [5.41, 5.74) is 2.86. The Kier molecular flexibility index (Phi) is 6.00. The van der Waals surface area contributed by atoms with E-state index in [0.717, 1.165) is 49.4 Å². The normalized spacial score (nSPS) is 22.5. The molecule has 0 spiro atoms. The molecule has 1 fully saturated rings. The number of aromatic nitrogens is 1. The molecule has 130 valence electrons. The average Bonchev–Trinajstić information content (AvgIpc) is 2.80. The van der Waals surface area contributed by atoms with Gasteiger partial charge in [0, 0.05) is 49.2 Å². The van der Waals surface area contributed by atoms with Gasteiger partial charge in [-0.05, 0) is 39.3 Å². The SMILES string of the molecule is COCCn1c(C)cc(C(=O)CN2CCCC(C)(CO)C2)c1C. The van der Waals surface area contributed by atoms with Crippen LogP contribution in [0.15, 0.2) is 6.07 Å². The van der Waals surface area contributed by atoms with E-state index in [9.17, 15) is 9.90 Å². The van der Waals surface area contributed by atoms with E-state index in [0.29, 0.717) is 13.2 Å². The first kappa shape index (κ1) is 18.2. The zero-order valence-electron chi connectivity index (χ0n) is 14.9. The number of hydrogen-bond donors (Lipinski definition) is 1. The molecule has 0 radical (unpaired) electrons. The second-order valence-electron chi connectivity index (χ2n) is 7.14. The predicted octanol–water partition coefficient (Wildman–Crippen LogP) is 2.03. The van der Waals surface area contributed by atoms with Gasteiger partial charge in [-0.15, -0.1) is 0 Å². The molecule has 1 aromatic rings. The number of aliphatic hydroxyl groups is 1. The largest absolute Gasteiger partial charge is 0.396 e. The molecular weight excluding hydrogens is 292 g/mol. The highest BCUT2D eigenvalue weighted by molar-refractivity contribution is 5.99. The summed E-state index contributed by atoms with van der Waals surface area (Å²) in [6.07, 6.45) is 2.07. The Morgan fingerprint density at radius 1 is 1.43 bits per heavy atom. The van der Waals surface area contributed by atoms with E-state index in [1.165, 1.54) is 0 Å². The van der Waals surface area contributed by atoms with Gasteiger partial charge in [-0.3, -0.25) is 9.69 Å². The fourth-order valence-electron chi connectivity index (χ4n) is 3.59. The summed E-state index contributed by atoms with van der Waals surface area (Å²) in [5, 5.41) is 9.56. The Labute approximate surface area is 139 Å². The van der Waals surface area contributed by atoms with E-state index in [4.69, 9.17) is 4.74 Å². The Morgan fingerprint density at radius 2 is 2.17 bits per heavy atom. The van der Waals surface area contributed by atoms with Gasteiger partial charge in [0.25, 0.3) is 0 Å². The molecule has 1 aliphatic rings. The van der Waals surface area contributed by atoms with Crippen LogP contribution in [-0.2, 0) is 11.3 Å². The summed E-state index contributed by atoms with van der Waals surface area (Å²) in [7, 11) is 1.69. The van der Waals surface area contributed by atoms with Crippen LogP contribution in [0.5, 0.6) is 0 Å². The molecule has 5 heteroatoms. The Hall–Kier alpha value is -1.17. The van der Waals surface area contributed by atoms with Crippen molar-refractivity contribution in [1.82, 2.24) is 9.47 Å². The minimum absolute atomic E-state index is 0.0755. The summed E-state index contributed by atoms with van der Waals surface area (Å²) in [6, 6.07) is 1.99. The second-order valence-corrected chi connectivity index (χ2v) is 7.14. The molecule has 0 bridgehead atoms. The Balaban J connectivity index is 2.06. The number of aryl methyl sites for hydroxylation is 1. The molecule has 0 aliphatic carbocycles. The van der Waals surface area contributed by atoms with Gasteiger partial charge >= 0.3 is 0 Å². The van der Waals surface area contributed by atoms with Gasteiger partial charge in [0.15, 0.2) is 5.78 Å². The summed E-state index contributed by atoms with van der Waals surface area (Å²) < 4.78 is 7.29. The highest BCUT2D eigenvalue weighted by Crippen LogP contribution is 2.29. The smallest absolute Gasteiger partial charge is 0.178 e. The lowest BCUT2D eigenvalue weighted by atomic mass is 9.82. The minimum Gasteiger partial charge on any atom is -0.396 e. The number of rotatable bonds is 7. The number of likely N-dealkylation sites (tertiary alicyclic amines) is 1. The molecule has 2 rings (SSSR count). The van der Waals surface area contributed by atoms with E-state index < -0.39 is 0 Å². The minimum atomic E-state index is -0.0755. The van der Waals surface area contributed by atoms with Crippen molar-refractivity contribution in [2.45, 2.75) is 40.2 Å². The number of hydrogen-bond acceptors (Lipinski definition) is 4. The van der Waals surface area contributed by atoms with E-state index >= 15 is 0 Å². The van der Waals surface area contributed by atoms with Crippen molar-refractivity contribution in [1.29, 1.82) is 0 Å². The lowest BCUT2D eigenvalue weighted by Gasteiger charge is -2.39. The number of aliphatic hydroxyl groups excluding tert-OH is 1. The summed E-state index contributed by atoms with van der Waals surface area (Å²) in [6.45, 7) is 9.89.